The topological polar surface area (TPSA) is 0 Å². The second-order valence-electron chi connectivity index (χ2n) is 1.46. The van der Waals surface area contributed by atoms with E-state index >= 15 is 0 Å². The molecule has 1 rings (SSSR count). The molecule has 0 N–H and O–H groups in total. The van der Waals surface area contributed by atoms with Crippen molar-refractivity contribution in [3.8, 4) is 0 Å². The van der Waals surface area contributed by atoms with Crippen LogP contribution in [0.25, 0.3) is 0 Å². The van der Waals surface area contributed by atoms with Crippen LogP contribution in [-0.4, -0.2) is 0 Å². The molecule has 0 aliphatic rings. The summed E-state index contributed by atoms with van der Waals surface area (Å²) in [5.74, 6) is 0. The normalized spacial score (nSPS) is 7.57. The maximum absolute atomic E-state index is 2.08. The molecule has 1 radical (unpaired) electrons. The molecule has 7 heavy (non-hydrogen) atoms. The molecule has 0 aliphatic heterocycles. The van der Waals surface area contributed by atoms with Crippen LogP contribution in [0, 0.1) is 6.92 Å². The van der Waals surface area contributed by atoms with Crippen LogP contribution in [-0.2, 0) is 20.4 Å². The van der Waals surface area contributed by atoms with E-state index < -0.39 is 0 Å². The van der Waals surface area contributed by atoms with Crippen LogP contribution in [0.15, 0.2) is 24.3 Å². The van der Waals surface area contributed by atoms with Gasteiger partial charge in [0.2, 0.25) is 0 Å². The summed E-state index contributed by atoms with van der Waals surface area (Å²) in [4.78, 5) is 0. The largest absolute Gasteiger partial charge is 0.213 e. The molecule has 0 aromatic heterocycles. The van der Waals surface area contributed by atoms with Gasteiger partial charge in [-0.05, 0) is 0 Å². The molecule has 0 aliphatic carbocycles. The summed E-state index contributed by atoms with van der Waals surface area (Å²) in [5, 5.41) is 0. The van der Waals surface area contributed by atoms with Gasteiger partial charge in [-0.2, -0.15) is 17.7 Å². The first kappa shape index (κ1) is 7.01. The van der Waals surface area contributed by atoms with Crippen molar-refractivity contribution in [1.29, 1.82) is 0 Å². The van der Waals surface area contributed by atoms with Gasteiger partial charge in [-0.25, -0.2) is 12.1 Å². The van der Waals surface area contributed by atoms with E-state index in [1.54, 1.807) is 0 Å². The minimum absolute atomic E-state index is 0. The molecule has 0 fully saturated rings. The van der Waals surface area contributed by atoms with Crippen LogP contribution in [0.1, 0.15) is 5.56 Å². The summed E-state index contributed by atoms with van der Waals surface area (Å²) in [7, 11) is 0. The van der Waals surface area contributed by atoms with Crippen molar-refractivity contribution in [1.82, 2.24) is 0 Å². The Morgan fingerprint density at radius 1 is 1.14 bits per heavy atom. The average Bonchev–Trinajstić information content (AvgIpc) is 1.86. The zero-order valence-corrected chi connectivity index (χ0v) is 6.90. The fourth-order valence-corrected chi connectivity index (χ4v) is 0.470. The molecule has 0 saturated heterocycles. The van der Waals surface area contributed by atoms with Gasteiger partial charge >= 0.3 is 0 Å². The van der Waals surface area contributed by atoms with Crippen LogP contribution in [0.5, 0.6) is 0 Å². The SMILES string of the molecule is C[c-]1cccc1.[Re]. The van der Waals surface area contributed by atoms with E-state index in [9.17, 15) is 0 Å². The van der Waals surface area contributed by atoms with Crippen molar-refractivity contribution in [3.05, 3.63) is 29.8 Å². The van der Waals surface area contributed by atoms with Gasteiger partial charge in [0.25, 0.3) is 0 Å². The first-order valence-electron chi connectivity index (χ1n) is 2.08. The van der Waals surface area contributed by atoms with E-state index in [2.05, 4.69) is 19.1 Å². The second kappa shape index (κ2) is 3.07. The summed E-state index contributed by atoms with van der Waals surface area (Å²) in [5.41, 5.74) is 1.34. The Bertz CT molecular complexity index is 108. The Hall–Kier alpha value is 0.0123. The minimum Gasteiger partial charge on any atom is -0.213 e. The Balaban J connectivity index is 0.000000360. The second-order valence-corrected chi connectivity index (χ2v) is 1.46. The molecule has 1 aromatic rings. The van der Waals surface area contributed by atoms with E-state index in [0.717, 1.165) is 0 Å². The quantitative estimate of drug-likeness (QED) is 0.627. The number of hydrogen-bond donors (Lipinski definition) is 0. The molecule has 1 aromatic carbocycles. The summed E-state index contributed by atoms with van der Waals surface area (Å²) >= 11 is 0. The molecule has 0 heterocycles. The molecule has 0 amide bonds. The third kappa shape index (κ3) is 1.97. The van der Waals surface area contributed by atoms with Crippen molar-refractivity contribution < 1.29 is 20.4 Å². The summed E-state index contributed by atoms with van der Waals surface area (Å²) in [6, 6.07) is 8.24. The van der Waals surface area contributed by atoms with Gasteiger partial charge in [0.1, 0.15) is 0 Å². The summed E-state index contributed by atoms with van der Waals surface area (Å²) < 4.78 is 0. The van der Waals surface area contributed by atoms with Gasteiger partial charge in [0, 0.05) is 20.4 Å². The molecule has 0 unspecified atom stereocenters. The van der Waals surface area contributed by atoms with Gasteiger partial charge in [0.15, 0.2) is 0 Å². The molecule has 1 heteroatoms. The van der Waals surface area contributed by atoms with Gasteiger partial charge in [-0.1, -0.05) is 6.92 Å². The van der Waals surface area contributed by atoms with Gasteiger partial charge in [-0.15, -0.1) is 0 Å². The predicted octanol–water partition coefficient (Wildman–Crippen LogP) is 1.71. The Morgan fingerprint density at radius 2 is 1.57 bits per heavy atom. The van der Waals surface area contributed by atoms with Gasteiger partial charge < -0.3 is 0 Å². The Kier molecular flexibility index (Phi) is 3.08. The van der Waals surface area contributed by atoms with Gasteiger partial charge in [0.05, 0.1) is 0 Å². The predicted molar refractivity (Wildman–Crippen MR) is 26.8 cm³/mol. The maximum Gasteiger partial charge on any atom is 0 e. The first-order chi connectivity index (χ1) is 2.89. The molecule has 0 bridgehead atoms. The Labute approximate surface area is 57.6 Å². The molecule has 0 atom stereocenters. The molecule has 0 nitrogen and oxygen atoms in total. The maximum atomic E-state index is 2.08. The van der Waals surface area contributed by atoms with E-state index in [-0.39, 0.29) is 20.4 Å². The third-order valence-corrected chi connectivity index (χ3v) is 0.829. The van der Waals surface area contributed by atoms with Gasteiger partial charge in [-0.3, -0.25) is 0 Å². The van der Waals surface area contributed by atoms with Crippen LogP contribution < -0.4 is 0 Å². The average molecular weight is 265 g/mol. The standard InChI is InChI=1S/C6H7.Re/c1-6-4-2-3-5-6;/h2-5H,1H3;/q-1;. The van der Waals surface area contributed by atoms with Crippen LogP contribution in [0.2, 0.25) is 0 Å². The zero-order chi connectivity index (χ0) is 4.41. The van der Waals surface area contributed by atoms with E-state index in [0.29, 0.717) is 0 Å². The van der Waals surface area contributed by atoms with Crippen LogP contribution in [0.3, 0.4) is 0 Å². The first-order valence-corrected chi connectivity index (χ1v) is 2.08. The minimum atomic E-state index is 0. The smallest absolute Gasteiger partial charge is 0 e. The third-order valence-electron chi connectivity index (χ3n) is 0.829. The zero-order valence-electron chi connectivity index (χ0n) is 4.19. The molecule has 39 valence electrons. The number of aryl methyl sites for hydroxylation is 1. The molecular weight excluding hydrogens is 258 g/mol. The summed E-state index contributed by atoms with van der Waals surface area (Å²) in [6.45, 7) is 2.08. The fraction of sp³-hybridized carbons (Fsp3) is 0.167. The van der Waals surface area contributed by atoms with E-state index in [4.69, 9.17) is 0 Å². The van der Waals surface area contributed by atoms with Crippen molar-refractivity contribution in [2.75, 3.05) is 0 Å². The number of rotatable bonds is 0. The van der Waals surface area contributed by atoms with Crippen molar-refractivity contribution in [2.45, 2.75) is 6.92 Å². The number of hydrogen-bond acceptors (Lipinski definition) is 0. The van der Waals surface area contributed by atoms with Crippen molar-refractivity contribution in [2.24, 2.45) is 0 Å². The monoisotopic (exact) mass is 266 g/mol. The van der Waals surface area contributed by atoms with E-state index in [1.165, 1.54) is 5.56 Å². The van der Waals surface area contributed by atoms with Crippen LogP contribution in [0.4, 0.5) is 0 Å². The van der Waals surface area contributed by atoms with Crippen molar-refractivity contribution in [3.63, 3.8) is 0 Å². The molecule has 0 spiro atoms. The van der Waals surface area contributed by atoms with E-state index in [1.807, 2.05) is 12.1 Å². The molecular formula is C6H7Re-. The Morgan fingerprint density at radius 3 is 1.71 bits per heavy atom. The molecule has 0 saturated carbocycles. The summed E-state index contributed by atoms with van der Waals surface area (Å²) in [6.07, 6.45) is 0. The fourth-order valence-electron chi connectivity index (χ4n) is 0.470. The van der Waals surface area contributed by atoms with Crippen molar-refractivity contribution >= 4 is 0 Å². The van der Waals surface area contributed by atoms with Crippen LogP contribution >= 0.6 is 0 Å².